The van der Waals surface area contributed by atoms with E-state index in [-0.39, 0.29) is 0 Å². The van der Waals surface area contributed by atoms with Gasteiger partial charge in [0.05, 0.1) is 0 Å². The van der Waals surface area contributed by atoms with Crippen LogP contribution in [0.2, 0.25) is 5.02 Å². The van der Waals surface area contributed by atoms with Gasteiger partial charge in [-0.1, -0.05) is 42.0 Å². The molecule has 0 radical (unpaired) electrons. The minimum Gasteiger partial charge on any atom is -0.0870 e. The molecule has 0 aliphatic rings. The van der Waals surface area contributed by atoms with Crippen molar-refractivity contribution in [1.82, 2.24) is 0 Å². The molecule has 0 unspecified atom stereocenters. The second-order valence-corrected chi connectivity index (χ2v) is 2.43. The summed E-state index contributed by atoms with van der Waals surface area (Å²) in [7, 11) is 0. The van der Waals surface area contributed by atoms with Crippen molar-refractivity contribution in [2.45, 2.75) is 6.92 Å². The zero-order valence-electron chi connectivity index (χ0n) is 5.84. The number of benzene rings is 1. The molecule has 0 nitrogen and oxygen atoms in total. The van der Waals surface area contributed by atoms with Crippen LogP contribution in [0, 0.1) is 0 Å². The van der Waals surface area contributed by atoms with Gasteiger partial charge in [0.25, 0.3) is 0 Å². The molecule has 0 aromatic heterocycles. The first-order chi connectivity index (χ1) is 4.84. The van der Waals surface area contributed by atoms with Crippen molar-refractivity contribution in [1.29, 1.82) is 0 Å². The van der Waals surface area contributed by atoms with Gasteiger partial charge in [-0.15, -0.1) is 0 Å². The zero-order valence-corrected chi connectivity index (χ0v) is 6.60. The predicted molar refractivity (Wildman–Crippen MR) is 46.2 cm³/mol. The first kappa shape index (κ1) is 7.36. The van der Waals surface area contributed by atoms with E-state index < -0.39 is 0 Å². The van der Waals surface area contributed by atoms with Crippen LogP contribution in [-0.2, 0) is 0 Å². The first-order valence-corrected chi connectivity index (χ1v) is 3.59. The Balaban J connectivity index is 3.03. The molecule has 0 fully saturated rings. The molecule has 0 aliphatic heterocycles. The summed E-state index contributed by atoms with van der Waals surface area (Å²) in [5.41, 5.74) is 1.08. The number of hydrogen-bond acceptors (Lipinski definition) is 0. The van der Waals surface area contributed by atoms with Crippen molar-refractivity contribution in [2.75, 3.05) is 0 Å². The highest BCUT2D eigenvalue weighted by Gasteiger charge is 1.90. The van der Waals surface area contributed by atoms with Gasteiger partial charge in [0.1, 0.15) is 0 Å². The van der Waals surface area contributed by atoms with Gasteiger partial charge in [-0.2, -0.15) is 0 Å². The van der Waals surface area contributed by atoms with Gasteiger partial charge in [-0.05, 0) is 18.6 Å². The third kappa shape index (κ3) is 1.61. The van der Waals surface area contributed by atoms with E-state index in [2.05, 4.69) is 0 Å². The van der Waals surface area contributed by atoms with Gasteiger partial charge in [-0.25, -0.2) is 0 Å². The van der Waals surface area contributed by atoms with E-state index >= 15 is 0 Å². The molecule has 0 atom stereocenters. The van der Waals surface area contributed by atoms with E-state index in [0.29, 0.717) is 0 Å². The molecule has 52 valence electrons. The lowest BCUT2D eigenvalue weighted by atomic mass is 10.2. The minimum atomic E-state index is 0.806. The lowest BCUT2D eigenvalue weighted by Gasteiger charge is -1.93. The maximum atomic E-state index is 5.85. The van der Waals surface area contributed by atoms with Crippen LogP contribution in [0.1, 0.15) is 12.5 Å². The number of rotatable bonds is 1. The predicted octanol–water partition coefficient (Wildman–Crippen LogP) is 3.37. The van der Waals surface area contributed by atoms with E-state index in [9.17, 15) is 0 Å². The van der Waals surface area contributed by atoms with Crippen LogP contribution in [0.4, 0.5) is 0 Å². The van der Waals surface area contributed by atoms with Crippen molar-refractivity contribution >= 4 is 17.7 Å². The van der Waals surface area contributed by atoms with Crippen LogP contribution >= 0.6 is 11.6 Å². The molecule has 0 spiro atoms. The minimum absolute atomic E-state index is 0.806. The first-order valence-electron chi connectivity index (χ1n) is 3.22. The smallest absolute Gasteiger partial charge is 0.0478 e. The Kier molecular flexibility index (Phi) is 2.52. The summed E-state index contributed by atoms with van der Waals surface area (Å²) in [5.74, 6) is 0. The second-order valence-electron chi connectivity index (χ2n) is 2.02. The topological polar surface area (TPSA) is 0 Å². The molecule has 1 aromatic rings. The van der Waals surface area contributed by atoms with Crippen LogP contribution in [0.5, 0.6) is 0 Å². The van der Waals surface area contributed by atoms with Gasteiger partial charge in [0.2, 0.25) is 0 Å². The van der Waals surface area contributed by atoms with Crippen molar-refractivity contribution in [3.63, 3.8) is 0 Å². The van der Waals surface area contributed by atoms with E-state index in [1.807, 2.05) is 43.3 Å². The quantitative estimate of drug-likeness (QED) is 0.579. The number of halogens is 1. The summed E-state index contributed by atoms with van der Waals surface area (Å²) >= 11 is 5.85. The fourth-order valence-electron chi connectivity index (χ4n) is 0.790. The third-order valence-electron chi connectivity index (χ3n) is 1.25. The summed E-state index contributed by atoms with van der Waals surface area (Å²) in [4.78, 5) is 0. The molecule has 10 heavy (non-hydrogen) atoms. The van der Waals surface area contributed by atoms with E-state index in [0.717, 1.165) is 10.6 Å². The van der Waals surface area contributed by atoms with Crippen LogP contribution in [0.15, 0.2) is 30.3 Å². The average molecular weight is 153 g/mol. The molecule has 0 amide bonds. The maximum absolute atomic E-state index is 5.85. The van der Waals surface area contributed by atoms with E-state index in [1.54, 1.807) is 0 Å². The Bertz CT molecular complexity index is 238. The monoisotopic (exact) mass is 152 g/mol. The molecule has 0 bridgehead atoms. The Morgan fingerprint density at radius 3 is 2.60 bits per heavy atom. The molecule has 0 aliphatic carbocycles. The summed E-state index contributed by atoms with van der Waals surface area (Å²) in [6, 6.07) is 7.77. The van der Waals surface area contributed by atoms with Gasteiger partial charge in [0.15, 0.2) is 0 Å². The van der Waals surface area contributed by atoms with E-state index in [4.69, 9.17) is 11.6 Å². The molecule has 0 N–H and O–H groups in total. The highest BCUT2D eigenvalue weighted by molar-refractivity contribution is 6.32. The summed E-state index contributed by atoms with van der Waals surface area (Å²) in [6.45, 7) is 1.98. The third-order valence-corrected chi connectivity index (χ3v) is 1.60. The SMILES string of the molecule is CC=Cc1ccccc1Cl. The van der Waals surface area contributed by atoms with Crippen molar-refractivity contribution in [2.24, 2.45) is 0 Å². The Hall–Kier alpha value is -0.750. The lowest BCUT2D eigenvalue weighted by molar-refractivity contribution is 1.64. The molecular formula is C9H9Cl. The number of allylic oxidation sites excluding steroid dienone is 1. The molecule has 1 rings (SSSR count). The normalized spacial score (nSPS) is 10.6. The molecule has 0 heterocycles. The van der Waals surface area contributed by atoms with Crippen LogP contribution in [0.3, 0.4) is 0 Å². The van der Waals surface area contributed by atoms with Crippen LogP contribution in [0.25, 0.3) is 6.08 Å². The second kappa shape index (κ2) is 3.43. The van der Waals surface area contributed by atoms with Crippen molar-refractivity contribution in [3.05, 3.63) is 40.9 Å². The Morgan fingerprint density at radius 2 is 2.00 bits per heavy atom. The fraction of sp³-hybridized carbons (Fsp3) is 0.111. The van der Waals surface area contributed by atoms with Crippen LogP contribution < -0.4 is 0 Å². The number of hydrogen-bond donors (Lipinski definition) is 0. The summed E-state index contributed by atoms with van der Waals surface area (Å²) in [5, 5.41) is 0.806. The molecule has 1 heteroatoms. The Morgan fingerprint density at radius 1 is 1.30 bits per heavy atom. The summed E-state index contributed by atoms with van der Waals surface area (Å²) < 4.78 is 0. The van der Waals surface area contributed by atoms with Gasteiger partial charge in [-0.3, -0.25) is 0 Å². The van der Waals surface area contributed by atoms with Gasteiger partial charge < -0.3 is 0 Å². The molecule has 0 saturated heterocycles. The molecule has 1 aromatic carbocycles. The molecular weight excluding hydrogens is 144 g/mol. The highest BCUT2D eigenvalue weighted by Crippen LogP contribution is 2.15. The lowest BCUT2D eigenvalue weighted by Crippen LogP contribution is -1.70. The maximum Gasteiger partial charge on any atom is 0.0478 e. The zero-order chi connectivity index (χ0) is 7.40. The summed E-state index contributed by atoms with van der Waals surface area (Å²) in [6.07, 6.45) is 3.96. The van der Waals surface area contributed by atoms with E-state index in [1.165, 1.54) is 0 Å². The van der Waals surface area contributed by atoms with Crippen LogP contribution in [-0.4, -0.2) is 0 Å². The van der Waals surface area contributed by atoms with Crippen molar-refractivity contribution < 1.29 is 0 Å². The standard InChI is InChI=1S/C9H9Cl/c1-2-5-8-6-3-4-7-9(8)10/h2-7H,1H3. The largest absolute Gasteiger partial charge is 0.0870 e. The average Bonchev–Trinajstić information content (AvgIpc) is 1.94. The van der Waals surface area contributed by atoms with Gasteiger partial charge >= 0.3 is 0 Å². The fourth-order valence-corrected chi connectivity index (χ4v) is 0.989. The highest BCUT2D eigenvalue weighted by atomic mass is 35.5. The van der Waals surface area contributed by atoms with Crippen molar-refractivity contribution in [3.8, 4) is 0 Å². The Labute approximate surface area is 66.1 Å². The molecule has 0 saturated carbocycles. The van der Waals surface area contributed by atoms with Gasteiger partial charge in [0, 0.05) is 5.02 Å².